The van der Waals surface area contributed by atoms with Crippen molar-refractivity contribution in [1.29, 1.82) is 0 Å². The smallest absolute Gasteiger partial charge is 0.251 e. The Morgan fingerprint density at radius 1 is 1.26 bits per heavy atom. The maximum absolute atomic E-state index is 12.4. The molecule has 0 aliphatic heterocycles. The summed E-state index contributed by atoms with van der Waals surface area (Å²) in [6.45, 7) is 7.17. The lowest BCUT2D eigenvalue weighted by Gasteiger charge is -2.22. The van der Waals surface area contributed by atoms with E-state index in [9.17, 15) is 17.4 Å². The van der Waals surface area contributed by atoms with Crippen LogP contribution in [0.3, 0.4) is 0 Å². The molecule has 1 N–H and O–H groups in total. The van der Waals surface area contributed by atoms with Crippen LogP contribution in [0, 0.1) is 0 Å². The summed E-state index contributed by atoms with van der Waals surface area (Å²) >= 11 is 0. The SMILES string of the molecule is C[C@H](N[S@](=O)C(C)(C)C)c1ccc(C(F)(F)F)nc1. The Morgan fingerprint density at radius 2 is 1.84 bits per heavy atom. The van der Waals surface area contributed by atoms with Crippen molar-refractivity contribution in [3.63, 3.8) is 0 Å². The standard InChI is InChI=1S/C12H17F3N2OS/c1-8(17-19(18)11(2,3)4)9-5-6-10(16-7-9)12(13,14)15/h5-8,17H,1-4H3/t8-,19+/m0/s1. The lowest BCUT2D eigenvalue weighted by Crippen LogP contribution is -2.34. The minimum atomic E-state index is -4.44. The quantitative estimate of drug-likeness (QED) is 0.930. The van der Waals surface area contributed by atoms with Crippen molar-refractivity contribution in [3.05, 3.63) is 29.6 Å². The molecule has 0 amide bonds. The van der Waals surface area contributed by atoms with Crippen LogP contribution in [-0.2, 0) is 17.2 Å². The summed E-state index contributed by atoms with van der Waals surface area (Å²) in [7, 11) is -1.29. The van der Waals surface area contributed by atoms with E-state index in [-0.39, 0.29) is 6.04 Å². The van der Waals surface area contributed by atoms with E-state index in [1.54, 1.807) is 6.92 Å². The van der Waals surface area contributed by atoms with Crippen molar-refractivity contribution in [2.24, 2.45) is 0 Å². The van der Waals surface area contributed by atoms with Gasteiger partial charge in [-0.05, 0) is 39.3 Å². The molecule has 1 rings (SSSR count). The first kappa shape index (κ1) is 16.1. The average molecular weight is 294 g/mol. The first-order valence-electron chi connectivity index (χ1n) is 5.73. The number of hydrogen-bond acceptors (Lipinski definition) is 2. The van der Waals surface area contributed by atoms with Crippen molar-refractivity contribution < 1.29 is 17.4 Å². The van der Waals surface area contributed by atoms with Crippen LogP contribution in [0.25, 0.3) is 0 Å². The zero-order valence-corrected chi connectivity index (χ0v) is 12.0. The van der Waals surface area contributed by atoms with Crippen LogP contribution < -0.4 is 4.72 Å². The van der Waals surface area contributed by atoms with Crippen LogP contribution in [-0.4, -0.2) is 13.9 Å². The van der Waals surface area contributed by atoms with Gasteiger partial charge in [0.2, 0.25) is 0 Å². The number of nitrogens with one attached hydrogen (secondary N) is 1. The highest BCUT2D eigenvalue weighted by Crippen LogP contribution is 2.28. The summed E-state index contributed by atoms with van der Waals surface area (Å²) in [6, 6.07) is 1.93. The van der Waals surface area contributed by atoms with E-state index in [4.69, 9.17) is 0 Å². The summed E-state index contributed by atoms with van der Waals surface area (Å²) in [5.74, 6) is 0. The fraction of sp³-hybridized carbons (Fsp3) is 0.583. The molecule has 108 valence electrons. The zero-order valence-electron chi connectivity index (χ0n) is 11.2. The lowest BCUT2D eigenvalue weighted by molar-refractivity contribution is -0.141. The van der Waals surface area contributed by atoms with Gasteiger partial charge in [-0.25, -0.2) is 8.93 Å². The fourth-order valence-corrected chi connectivity index (χ4v) is 2.05. The molecule has 1 aromatic rings. The topological polar surface area (TPSA) is 42.0 Å². The highest BCUT2D eigenvalue weighted by Gasteiger charge is 2.32. The third-order valence-electron chi connectivity index (χ3n) is 2.42. The maximum atomic E-state index is 12.4. The van der Waals surface area contributed by atoms with E-state index in [0.29, 0.717) is 5.56 Å². The van der Waals surface area contributed by atoms with Gasteiger partial charge in [0.1, 0.15) is 5.69 Å². The van der Waals surface area contributed by atoms with Gasteiger partial charge in [-0.2, -0.15) is 13.2 Å². The van der Waals surface area contributed by atoms with Gasteiger partial charge < -0.3 is 0 Å². The second-order valence-corrected chi connectivity index (χ2v) is 7.19. The number of hydrogen-bond donors (Lipinski definition) is 1. The van der Waals surface area contributed by atoms with Crippen LogP contribution in [0.4, 0.5) is 13.2 Å². The van der Waals surface area contributed by atoms with Crippen molar-refractivity contribution in [3.8, 4) is 0 Å². The van der Waals surface area contributed by atoms with Gasteiger partial charge in [0.25, 0.3) is 0 Å². The normalized spacial score (nSPS) is 16.2. The number of rotatable bonds is 3. The molecule has 2 atom stereocenters. The predicted octanol–water partition coefficient (Wildman–Crippen LogP) is 3.21. The van der Waals surface area contributed by atoms with Gasteiger partial charge in [-0.3, -0.25) is 4.98 Å². The van der Waals surface area contributed by atoms with Crippen LogP contribution in [0.1, 0.15) is 45.0 Å². The Labute approximate surface area is 113 Å². The van der Waals surface area contributed by atoms with Crippen LogP contribution in [0.2, 0.25) is 0 Å². The summed E-state index contributed by atoms with van der Waals surface area (Å²) in [5, 5.41) is 0. The van der Waals surface area contributed by atoms with Gasteiger partial charge in [-0.1, -0.05) is 6.07 Å². The van der Waals surface area contributed by atoms with E-state index < -0.39 is 27.6 Å². The highest BCUT2D eigenvalue weighted by molar-refractivity contribution is 7.84. The molecule has 0 saturated carbocycles. The highest BCUT2D eigenvalue weighted by atomic mass is 32.2. The van der Waals surface area contributed by atoms with E-state index in [1.807, 2.05) is 20.8 Å². The molecule has 0 aromatic carbocycles. The van der Waals surface area contributed by atoms with E-state index in [1.165, 1.54) is 6.07 Å². The molecule has 19 heavy (non-hydrogen) atoms. The number of pyridine rings is 1. The van der Waals surface area contributed by atoms with Gasteiger partial charge >= 0.3 is 6.18 Å². The molecule has 3 nitrogen and oxygen atoms in total. The van der Waals surface area contributed by atoms with E-state index in [2.05, 4.69) is 9.71 Å². The molecule has 0 spiro atoms. The number of alkyl halides is 3. The largest absolute Gasteiger partial charge is 0.433 e. The Hall–Kier alpha value is -0.950. The Balaban J connectivity index is 2.79. The predicted molar refractivity (Wildman–Crippen MR) is 68.7 cm³/mol. The second-order valence-electron chi connectivity index (χ2n) is 5.20. The molecular formula is C12H17F3N2OS. The Bertz CT molecular complexity index is 452. The minimum absolute atomic E-state index is 0.338. The molecule has 0 bridgehead atoms. The van der Waals surface area contributed by atoms with Gasteiger partial charge in [0, 0.05) is 12.2 Å². The second kappa shape index (κ2) is 5.58. The minimum Gasteiger partial charge on any atom is -0.251 e. The first-order valence-corrected chi connectivity index (χ1v) is 6.88. The van der Waals surface area contributed by atoms with Gasteiger partial charge in [0.05, 0.1) is 15.7 Å². The molecule has 7 heteroatoms. The van der Waals surface area contributed by atoms with Crippen molar-refractivity contribution >= 4 is 11.0 Å². The van der Waals surface area contributed by atoms with Crippen LogP contribution in [0.15, 0.2) is 18.3 Å². The first-order chi connectivity index (χ1) is 8.51. The van der Waals surface area contributed by atoms with Gasteiger partial charge in [-0.15, -0.1) is 0 Å². The molecule has 0 radical (unpaired) electrons. The lowest BCUT2D eigenvalue weighted by atomic mass is 10.1. The third kappa shape index (κ3) is 4.58. The average Bonchev–Trinajstić information content (AvgIpc) is 2.26. The molecule has 0 unspecified atom stereocenters. The fourth-order valence-electron chi connectivity index (χ4n) is 1.23. The summed E-state index contributed by atoms with van der Waals surface area (Å²) < 4.78 is 51.4. The monoisotopic (exact) mass is 294 g/mol. The maximum Gasteiger partial charge on any atom is 0.433 e. The van der Waals surface area contributed by atoms with Crippen LogP contribution in [0.5, 0.6) is 0 Å². The number of halogens is 3. The number of aromatic nitrogens is 1. The van der Waals surface area contributed by atoms with Crippen molar-refractivity contribution in [1.82, 2.24) is 9.71 Å². The number of nitrogens with zero attached hydrogens (tertiary/aromatic N) is 1. The third-order valence-corrected chi connectivity index (χ3v) is 4.10. The Kier molecular flexibility index (Phi) is 4.73. The molecule has 0 saturated heterocycles. The Morgan fingerprint density at radius 3 is 2.21 bits per heavy atom. The van der Waals surface area contributed by atoms with Crippen molar-refractivity contribution in [2.75, 3.05) is 0 Å². The molecular weight excluding hydrogens is 277 g/mol. The van der Waals surface area contributed by atoms with Gasteiger partial charge in [0.15, 0.2) is 0 Å². The molecule has 1 aromatic heterocycles. The molecule has 0 fully saturated rings. The van der Waals surface area contributed by atoms with E-state index in [0.717, 1.165) is 12.3 Å². The summed E-state index contributed by atoms with van der Waals surface area (Å²) in [6.07, 6.45) is -3.29. The zero-order chi connectivity index (χ0) is 14.8. The van der Waals surface area contributed by atoms with Crippen LogP contribution >= 0.6 is 0 Å². The molecule has 0 aliphatic carbocycles. The summed E-state index contributed by atoms with van der Waals surface area (Å²) in [5.41, 5.74) is -0.369. The molecule has 0 aliphatic rings. The molecule has 1 heterocycles. The van der Waals surface area contributed by atoms with E-state index >= 15 is 0 Å². The summed E-state index contributed by atoms with van der Waals surface area (Å²) in [4.78, 5) is 3.38. The van der Waals surface area contributed by atoms with Crippen molar-refractivity contribution in [2.45, 2.75) is 44.7 Å².